The molecule has 2 amide bonds. The third-order valence-electron chi connectivity index (χ3n) is 16.2. The van der Waals surface area contributed by atoms with Crippen molar-refractivity contribution in [3.63, 3.8) is 0 Å². The number of carbonyl (C=O) groups is 4. The minimum absolute atomic E-state index is 0.0334. The van der Waals surface area contributed by atoms with E-state index >= 15 is 9.59 Å². The van der Waals surface area contributed by atoms with Crippen molar-refractivity contribution in [3.8, 4) is 46.0 Å². The van der Waals surface area contributed by atoms with Gasteiger partial charge in [0.1, 0.15) is 23.0 Å². The highest BCUT2D eigenvalue weighted by atomic mass is 16.6. The fourth-order valence-electron chi connectivity index (χ4n) is 11.4. The van der Waals surface area contributed by atoms with Crippen molar-refractivity contribution >= 4 is 35.1 Å². The Labute approximate surface area is 520 Å². The molecule has 88 heavy (non-hydrogen) atoms. The monoisotopic (exact) mass is 1200 g/mol. The number of aryl methyl sites for hydroxylation is 2. The second-order valence-corrected chi connectivity index (χ2v) is 23.8. The molecule has 8 rings (SSSR count). The number of rotatable bonds is 30. The number of benzene rings is 6. The number of likely N-dealkylation sites (N-methyl/N-ethyl adjacent to an activating group) is 2. The van der Waals surface area contributed by atoms with Gasteiger partial charge in [0.15, 0.2) is 23.0 Å². The van der Waals surface area contributed by atoms with Crippen molar-refractivity contribution in [1.29, 1.82) is 0 Å². The summed E-state index contributed by atoms with van der Waals surface area (Å²) >= 11 is 0. The molecule has 0 N–H and O–H groups in total. The number of fused-ring (bicyclic) bond motifs is 2. The maximum Gasteiger partial charge on any atom is 0.423 e. The molecule has 0 fully saturated rings. The fourth-order valence-corrected chi connectivity index (χ4v) is 11.4. The second-order valence-electron chi connectivity index (χ2n) is 23.8. The van der Waals surface area contributed by atoms with Gasteiger partial charge < -0.3 is 57.5 Å². The van der Waals surface area contributed by atoms with Gasteiger partial charge in [-0.05, 0) is 210 Å². The molecule has 0 spiro atoms. The first kappa shape index (κ1) is 65.9. The summed E-state index contributed by atoms with van der Waals surface area (Å²) in [5.74, 6) is 0.857. The molecule has 0 unspecified atom stereocenters. The highest BCUT2D eigenvalue weighted by Crippen LogP contribution is 2.40. The van der Waals surface area contributed by atoms with E-state index in [1.54, 1.807) is 50.4 Å². The molecule has 0 saturated heterocycles. The molecule has 0 radical (unpaired) electrons. The molecular weight excluding hydrogens is 1110 g/mol. The van der Waals surface area contributed by atoms with E-state index in [0.717, 1.165) is 73.9 Å². The first-order chi connectivity index (χ1) is 42.6. The van der Waals surface area contributed by atoms with Crippen LogP contribution in [0.3, 0.4) is 0 Å². The zero-order valence-electron chi connectivity index (χ0n) is 53.4. The average molecular weight is 1200 g/mol. The van der Waals surface area contributed by atoms with Crippen LogP contribution in [0.1, 0.15) is 120 Å². The maximum absolute atomic E-state index is 15.6. The molecule has 0 bridgehead atoms. The Bertz CT molecular complexity index is 3120. The zero-order chi connectivity index (χ0) is 62.7. The quantitative estimate of drug-likeness (QED) is 0.0238. The summed E-state index contributed by atoms with van der Waals surface area (Å²) in [6.07, 6.45) is 8.64. The lowest BCUT2D eigenvalue weighted by Crippen LogP contribution is -2.36. The van der Waals surface area contributed by atoms with E-state index in [-0.39, 0.29) is 34.5 Å². The van der Waals surface area contributed by atoms with Gasteiger partial charge in [0.05, 0.1) is 64.2 Å². The van der Waals surface area contributed by atoms with Crippen molar-refractivity contribution in [1.82, 2.24) is 9.80 Å². The van der Waals surface area contributed by atoms with Gasteiger partial charge >= 0.3 is 11.9 Å². The Kier molecular flexibility index (Phi) is 24.1. The van der Waals surface area contributed by atoms with E-state index in [4.69, 9.17) is 37.9 Å². The Morgan fingerprint density at radius 3 is 1.20 bits per heavy atom. The molecule has 470 valence electrons. The molecule has 2 aliphatic carbocycles. The van der Waals surface area contributed by atoms with E-state index in [1.807, 2.05) is 97.1 Å². The van der Waals surface area contributed by atoms with Gasteiger partial charge in [0, 0.05) is 26.2 Å². The van der Waals surface area contributed by atoms with Crippen LogP contribution in [0.5, 0.6) is 46.0 Å². The Balaban J connectivity index is 1.06. The van der Waals surface area contributed by atoms with Crippen LogP contribution < -0.4 is 47.7 Å². The Morgan fingerprint density at radius 2 is 0.818 bits per heavy atom. The summed E-state index contributed by atoms with van der Waals surface area (Å²) in [4.78, 5) is 68.3. The van der Waals surface area contributed by atoms with Crippen molar-refractivity contribution in [2.75, 3.05) is 105 Å². The maximum atomic E-state index is 15.6. The van der Waals surface area contributed by atoms with Crippen LogP contribution in [0.25, 0.3) is 0 Å². The molecule has 0 aromatic heterocycles. The summed E-state index contributed by atoms with van der Waals surface area (Å²) in [5, 5.41) is 0. The molecule has 6 aromatic rings. The number of amides is 2. The van der Waals surface area contributed by atoms with Gasteiger partial charge in [-0.2, -0.15) is 0 Å². The normalized spacial score (nSPS) is 12.8. The molecule has 6 aromatic carbocycles. The Hall–Kier alpha value is -8.08. The van der Waals surface area contributed by atoms with E-state index in [1.165, 1.54) is 0 Å². The van der Waals surface area contributed by atoms with E-state index in [2.05, 4.69) is 51.6 Å². The van der Waals surface area contributed by atoms with E-state index in [9.17, 15) is 9.59 Å². The van der Waals surface area contributed by atoms with Gasteiger partial charge in [0.25, 0.3) is 11.8 Å². The number of hydrogen-bond donors (Lipinski definition) is 0. The lowest BCUT2D eigenvalue weighted by molar-refractivity contribution is -0.156. The molecule has 0 heterocycles. The van der Waals surface area contributed by atoms with Crippen LogP contribution in [-0.2, 0) is 48.1 Å². The van der Waals surface area contributed by atoms with Crippen LogP contribution >= 0.6 is 0 Å². The van der Waals surface area contributed by atoms with Crippen molar-refractivity contribution in [2.24, 2.45) is 11.8 Å². The van der Waals surface area contributed by atoms with Crippen LogP contribution in [-0.4, -0.2) is 129 Å². The average Bonchev–Trinajstić information content (AvgIpc) is 1.05. The van der Waals surface area contributed by atoms with Crippen LogP contribution in [0.4, 0.5) is 11.4 Å². The summed E-state index contributed by atoms with van der Waals surface area (Å²) in [7, 11) is 10.6. The minimum atomic E-state index is -1.30. The largest absolute Gasteiger partial charge is 0.493 e. The Morgan fingerprint density at radius 1 is 0.432 bits per heavy atom. The van der Waals surface area contributed by atoms with Gasteiger partial charge in [-0.25, -0.2) is 9.59 Å². The smallest absolute Gasteiger partial charge is 0.423 e. The molecule has 0 saturated carbocycles. The highest BCUT2D eigenvalue weighted by Gasteiger charge is 2.34. The van der Waals surface area contributed by atoms with E-state index < -0.39 is 23.8 Å². The number of para-hydroxylation sites is 4. The number of ether oxygens (including phenoxy) is 8. The van der Waals surface area contributed by atoms with Gasteiger partial charge in [-0.15, -0.1) is 0 Å². The lowest BCUT2D eigenvalue weighted by Gasteiger charge is -2.29. The first-order valence-corrected chi connectivity index (χ1v) is 31.2. The number of anilines is 2. The number of nitrogens with zero attached hydrogens (tertiary/aromatic N) is 4. The predicted molar refractivity (Wildman–Crippen MR) is 345 cm³/mol. The molecular formula is C72H90N4O12. The SMILES string of the molecule is COc1ccc(CCN(C)CCCN(C(=O)c2ccc3c(c2OC(=O)C(=O)Oc2c(C(=O)N(CCCN(C)CCc4ccc(OC)c(OC)c4)c4ccccc4OCC(C)C)ccc4c2CCCC4)CCCC3)c2ccccc2OCC(C)C)cc1OC. The number of methoxy groups -OCH3 is 4. The fraction of sp³-hybridized carbons (Fsp3) is 0.444. The third kappa shape index (κ3) is 17.2. The van der Waals surface area contributed by atoms with Crippen molar-refractivity contribution in [3.05, 3.63) is 154 Å². The third-order valence-corrected chi connectivity index (χ3v) is 16.2. The molecule has 0 aliphatic heterocycles. The molecule has 0 atom stereocenters. The van der Waals surface area contributed by atoms with Crippen LogP contribution in [0, 0.1) is 11.8 Å². The topological polar surface area (TPSA) is 155 Å². The van der Waals surface area contributed by atoms with Crippen molar-refractivity contribution in [2.45, 2.75) is 105 Å². The minimum Gasteiger partial charge on any atom is -0.493 e. The van der Waals surface area contributed by atoms with Crippen LogP contribution in [0.15, 0.2) is 109 Å². The predicted octanol–water partition coefficient (Wildman–Crippen LogP) is 12.5. The molecule has 16 heteroatoms. The zero-order valence-corrected chi connectivity index (χ0v) is 53.4. The van der Waals surface area contributed by atoms with E-state index in [0.29, 0.717) is 135 Å². The molecule has 2 aliphatic rings. The lowest BCUT2D eigenvalue weighted by atomic mass is 9.89. The summed E-state index contributed by atoms with van der Waals surface area (Å²) in [5.41, 5.74) is 6.90. The van der Waals surface area contributed by atoms with Crippen molar-refractivity contribution < 1.29 is 57.1 Å². The standard InChI is InChI=1S/C72H90N4O12/c1-49(2)47-85-61-27-17-15-25-59(61)75(41-19-39-73(5)43-37-51-29-35-63(81-7)65(45-51)83-9)69(77)57-33-31-53-21-11-13-23-55(53)67(57)87-71(79)72(80)88-68-56-24-14-12-22-54(56)32-34-58(68)70(78)76(60-26-16-18-28-62(60)86-48-50(3)4)42-20-40-74(6)44-38-52-30-36-64(82-8)66(46-52)84-10/h15-18,25-36,45-46,49-50H,11-14,19-24,37-44,47-48H2,1-10H3. The summed E-state index contributed by atoms with van der Waals surface area (Å²) < 4.78 is 47.3. The summed E-state index contributed by atoms with van der Waals surface area (Å²) in [6, 6.07) is 34.1. The highest BCUT2D eigenvalue weighted by molar-refractivity contribution is 6.31. The van der Waals surface area contributed by atoms with Gasteiger partial charge in [0.2, 0.25) is 0 Å². The number of esters is 2. The van der Waals surface area contributed by atoms with Crippen LogP contribution in [0.2, 0.25) is 0 Å². The van der Waals surface area contributed by atoms with Gasteiger partial charge in [-0.3, -0.25) is 9.59 Å². The van der Waals surface area contributed by atoms with Gasteiger partial charge in [-0.1, -0.05) is 76.2 Å². The second kappa shape index (κ2) is 32.2. The molecule has 16 nitrogen and oxygen atoms in total. The first-order valence-electron chi connectivity index (χ1n) is 31.2. The number of carbonyl (C=O) groups excluding carboxylic acids is 4. The summed E-state index contributed by atoms with van der Waals surface area (Å²) in [6.45, 7) is 12.6. The number of hydrogen-bond acceptors (Lipinski definition) is 14.